The summed E-state index contributed by atoms with van der Waals surface area (Å²) in [5, 5.41) is 17.0. The molecule has 0 aromatic carbocycles. The molecule has 0 saturated heterocycles. The van der Waals surface area contributed by atoms with Gasteiger partial charge in [0.2, 0.25) is 11.1 Å². The van der Waals surface area contributed by atoms with Gasteiger partial charge >= 0.3 is 0 Å². The maximum Gasteiger partial charge on any atom is 0.230 e. The van der Waals surface area contributed by atoms with Crippen LogP contribution in [0.5, 0.6) is 0 Å². The molecule has 0 spiro atoms. The summed E-state index contributed by atoms with van der Waals surface area (Å²) in [6, 6.07) is 4.03. The van der Waals surface area contributed by atoms with E-state index in [1.165, 1.54) is 16.6 Å². The molecule has 1 amide bonds. The standard InChI is InChI=1S/C11H15N5OS2/c1-2-5-12-10(17)8-19-11-13-14-15-16(11)7-9-4-3-6-18-9/h3-4,6H,2,5,7-8H2,1H3,(H,12,17). The smallest absolute Gasteiger partial charge is 0.230 e. The monoisotopic (exact) mass is 297 g/mol. The lowest BCUT2D eigenvalue weighted by Crippen LogP contribution is -2.25. The van der Waals surface area contributed by atoms with Crippen LogP contribution in [0, 0.1) is 0 Å². The Morgan fingerprint density at radius 3 is 3.21 bits per heavy atom. The third-order valence-electron chi connectivity index (χ3n) is 2.29. The highest BCUT2D eigenvalue weighted by molar-refractivity contribution is 7.99. The van der Waals surface area contributed by atoms with Gasteiger partial charge in [0.25, 0.3) is 0 Å². The molecule has 2 aromatic rings. The molecular weight excluding hydrogens is 282 g/mol. The summed E-state index contributed by atoms with van der Waals surface area (Å²) in [6.45, 7) is 3.37. The summed E-state index contributed by atoms with van der Waals surface area (Å²) < 4.78 is 1.71. The number of hydrogen-bond acceptors (Lipinski definition) is 6. The van der Waals surface area contributed by atoms with Gasteiger partial charge in [0.15, 0.2) is 0 Å². The maximum absolute atomic E-state index is 11.5. The van der Waals surface area contributed by atoms with Crippen molar-refractivity contribution in [1.82, 2.24) is 25.5 Å². The van der Waals surface area contributed by atoms with Crippen LogP contribution in [0.2, 0.25) is 0 Å². The van der Waals surface area contributed by atoms with Crippen molar-refractivity contribution in [2.24, 2.45) is 0 Å². The average molecular weight is 297 g/mol. The Morgan fingerprint density at radius 2 is 2.47 bits per heavy atom. The number of hydrogen-bond donors (Lipinski definition) is 1. The van der Waals surface area contributed by atoms with Crippen molar-refractivity contribution in [2.45, 2.75) is 25.0 Å². The van der Waals surface area contributed by atoms with Crippen LogP contribution in [0.1, 0.15) is 18.2 Å². The quantitative estimate of drug-likeness (QED) is 0.782. The molecule has 6 nitrogen and oxygen atoms in total. The minimum absolute atomic E-state index is 0.0116. The first-order chi connectivity index (χ1) is 9.29. The van der Waals surface area contributed by atoms with E-state index in [9.17, 15) is 4.79 Å². The van der Waals surface area contributed by atoms with Crippen LogP contribution < -0.4 is 5.32 Å². The van der Waals surface area contributed by atoms with Crippen LogP contribution in [0.15, 0.2) is 22.7 Å². The van der Waals surface area contributed by atoms with Crippen molar-refractivity contribution in [3.8, 4) is 0 Å². The second-order valence-corrected chi connectivity index (χ2v) is 5.81. The molecule has 2 rings (SSSR count). The molecule has 102 valence electrons. The fourth-order valence-corrected chi connectivity index (χ4v) is 2.79. The number of rotatable bonds is 7. The predicted molar refractivity (Wildman–Crippen MR) is 75.3 cm³/mol. The Morgan fingerprint density at radius 1 is 1.58 bits per heavy atom. The van der Waals surface area contributed by atoms with E-state index in [2.05, 4.69) is 20.8 Å². The first-order valence-corrected chi connectivity index (χ1v) is 7.84. The van der Waals surface area contributed by atoms with Crippen LogP contribution in [-0.4, -0.2) is 38.4 Å². The van der Waals surface area contributed by atoms with Gasteiger partial charge in [0.05, 0.1) is 12.3 Å². The molecule has 0 fully saturated rings. The Hall–Kier alpha value is -1.41. The van der Waals surface area contributed by atoms with Crippen molar-refractivity contribution in [2.75, 3.05) is 12.3 Å². The molecule has 2 heterocycles. The third-order valence-corrected chi connectivity index (χ3v) is 4.11. The molecule has 2 aromatic heterocycles. The van der Waals surface area contributed by atoms with Crippen LogP contribution in [0.4, 0.5) is 0 Å². The molecule has 0 saturated carbocycles. The lowest BCUT2D eigenvalue weighted by molar-refractivity contribution is -0.118. The van der Waals surface area contributed by atoms with Crippen LogP contribution in [0.3, 0.4) is 0 Å². The number of thiophene rings is 1. The van der Waals surface area contributed by atoms with Gasteiger partial charge in [-0.15, -0.1) is 16.4 Å². The number of amides is 1. The van der Waals surface area contributed by atoms with E-state index in [1.54, 1.807) is 16.0 Å². The number of thioether (sulfide) groups is 1. The van der Waals surface area contributed by atoms with Crippen molar-refractivity contribution >= 4 is 29.0 Å². The second-order valence-electron chi connectivity index (χ2n) is 3.84. The molecule has 0 aliphatic heterocycles. The zero-order valence-corrected chi connectivity index (χ0v) is 12.2. The fraction of sp³-hybridized carbons (Fsp3) is 0.455. The first-order valence-electron chi connectivity index (χ1n) is 5.97. The predicted octanol–water partition coefficient (Wildman–Crippen LogP) is 1.40. The molecule has 1 N–H and O–H groups in total. The molecule has 0 radical (unpaired) electrons. The Bertz CT molecular complexity index is 511. The number of carbonyl (C=O) groups is 1. The van der Waals surface area contributed by atoms with Crippen LogP contribution in [-0.2, 0) is 11.3 Å². The minimum atomic E-state index is 0.0116. The van der Waals surface area contributed by atoms with Gasteiger partial charge < -0.3 is 5.32 Å². The summed E-state index contributed by atoms with van der Waals surface area (Å²) in [5.41, 5.74) is 0. The molecule has 0 aliphatic rings. The second kappa shape index (κ2) is 7.25. The lowest BCUT2D eigenvalue weighted by atomic mass is 10.5. The highest BCUT2D eigenvalue weighted by atomic mass is 32.2. The van der Waals surface area contributed by atoms with E-state index in [0.717, 1.165) is 6.42 Å². The first kappa shape index (κ1) is 14.0. The highest BCUT2D eigenvalue weighted by Crippen LogP contribution is 2.16. The average Bonchev–Trinajstić information content (AvgIpc) is 3.06. The molecular formula is C11H15N5OS2. The van der Waals surface area contributed by atoms with Gasteiger partial charge in [-0.25, -0.2) is 4.68 Å². The number of nitrogens with zero attached hydrogens (tertiary/aromatic N) is 4. The Kier molecular flexibility index (Phi) is 5.34. The summed E-state index contributed by atoms with van der Waals surface area (Å²) in [4.78, 5) is 12.7. The largest absolute Gasteiger partial charge is 0.355 e. The minimum Gasteiger partial charge on any atom is -0.355 e. The van der Waals surface area contributed by atoms with E-state index in [1.807, 2.05) is 24.4 Å². The molecule has 8 heteroatoms. The molecule has 0 atom stereocenters. The van der Waals surface area contributed by atoms with Crippen molar-refractivity contribution in [3.63, 3.8) is 0 Å². The molecule has 0 aliphatic carbocycles. The van der Waals surface area contributed by atoms with Gasteiger partial charge in [-0.3, -0.25) is 4.79 Å². The highest BCUT2D eigenvalue weighted by Gasteiger charge is 2.10. The molecule has 19 heavy (non-hydrogen) atoms. The Labute approximate surface area is 119 Å². The van der Waals surface area contributed by atoms with E-state index >= 15 is 0 Å². The van der Waals surface area contributed by atoms with Crippen molar-refractivity contribution in [3.05, 3.63) is 22.4 Å². The number of nitrogens with one attached hydrogen (secondary N) is 1. The third kappa shape index (κ3) is 4.32. The van der Waals surface area contributed by atoms with Gasteiger partial charge in [-0.2, -0.15) is 0 Å². The summed E-state index contributed by atoms with van der Waals surface area (Å²) in [7, 11) is 0. The number of carbonyl (C=O) groups excluding carboxylic acids is 1. The molecule has 0 bridgehead atoms. The van der Waals surface area contributed by atoms with E-state index in [4.69, 9.17) is 0 Å². The van der Waals surface area contributed by atoms with Gasteiger partial charge in [0.1, 0.15) is 0 Å². The zero-order valence-electron chi connectivity index (χ0n) is 10.6. The normalized spacial score (nSPS) is 10.6. The van der Waals surface area contributed by atoms with Gasteiger partial charge in [-0.05, 0) is 28.3 Å². The van der Waals surface area contributed by atoms with Crippen molar-refractivity contribution in [1.29, 1.82) is 0 Å². The molecule has 0 unspecified atom stereocenters. The van der Waals surface area contributed by atoms with Crippen molar-refractivity contribution < 1.29 is 4.79 Å². The van der Waals surface area contributed by atoms with Gasteiger partial charge in [-0.1, -0.05) is 24.8 Å². The van der Waals surface area contributed by atoms with E-state index in [-0.39, 0.29) is 5.91 Å². The van der Waals surface area contributed by atoms with Gasteiger partial charge in [0, 0.05) is 11.4 Å². The van der Waals surface area contributed by atoms with E-state index < -0.39 is 0 Å². The SMILES string of the molecule is CCCNC(=O)CSc1nnnn1Cc1cccs1. The number of aromatic nitrogens is 4. The maximum atomic E-state index is 11.5. The summed E-state index contributed by atoms with van der Waals surface area (Å²) in [6.07, 6.45) is 0.937. The topological polar surface area (TPSA) is 72.7 Å². The van der Waals surface area contributed by atoms with Crippen LogP contribution >= 0.6 is 23.1 Å². The van der Waals surface area contributed by atoms with Crippen LogP contribution in [0.25, 0.3) is 0 Å². The lowest BCUT2D eigenvalue weighted by Gasteiger charge is -2.03. The fourth-order valence-electron chi connectivity index (χ4n) is 1.39. The van der Waals surface area contributed by atoms with E-state index in [0.29, 0.717) is 24.0 Å². The zero-order chi connectivity index (χ0) is 13.5. The summed E-state index contributed by atoms with van der Waals surface area (Å²) in [5.74, 6) is 0.350. The summed E-state index contributed by atoms with van der Waals surface area (Å²) >= 11 is 3.01. The Balaban J connectivity index is 1.87. The number of tetrazole rings is 1.